The molecule has 378 valence electrons. The molecule has 2 unspecified atom stereocenters. The molecule has 20 heteroatoms. The Hall–Kier alpha value is -8.42. The lowest BCUT2D eigenvalue weighted by molar-refractivity contribution is -0.137. The van der Waals surface area contributed by atoms with Gasteiger partial charge in [-0.1, -0.05) is 38.5 Å². The van der Waals surface area contributed by atoms with Crippen LogP contribution in [0.4, 0.5) is 15.3 Å². The van der Waals surface area contributed by atoms with E-state index in [0.717, 1.165) is 44.4 Å². The Balaban J connectivity index is 0.932. The summed E-state index contributed by atoms with van der Waals surface area (Å²) in [5.74, 6) is -1.85. The number of pyridine rings is 2. The first kappa shape index (κ1) is 52.9. The summed E-state index contributed by atoms with van der Waals surface area (Å²) in [5.41, 5.74) is 12.3. The van der Waals surface area contributed by atoms with E-state index in [2.05, 4.69) is 41.4 Å². The number of carbonyl (C=O) groups excluding carboxylic acids is 7. The van der Waals surface area contributed by atoms with Crippen molar-refractivity contribution in [2.75, 3.05) is 38.6 Å². The fourth-order valence-corrected chi connectivity index (χ4v) is 7.63. The number of aromatic nitrogens is 4. The molecule has 0 radical (unpaired) electrons. The molecule has 0 saturated heterocycles. The number of amides is 8. The number of aromatic amines is 1. The van der Waals surface area contributed by atoms with Crippen molar-refractivity contribution in [2.24, 2.45) is 11.7 Å². The van der Waals surface area contributed by atoms with Gasteiger partial charge in [-0.2, -0.15) is 5.10 Å². The Morgan fingerprint density at radius 1 is 0.847 bits per heavy atom. The number of benzene rings is 2. The van der Waals surface area contributed by atoms with Gasteiger partial charge in [-0.05, 0) is 110 Å². The third-order valence-electron chi connectivity index (χ3n) is 11.6. The van der Waals surface area contributed by atoms with E-state index in [1.165, 1.54) is 17.1 Å². The Morgan fingerprint density at radius 3 is 2.31 bits per heavy atom. The van der Waals surface area contributed by atoms with E-state index in [4.69, 9.17) is 15.2 Å². The topological polar surface area (TPSA) is 273 Å². The summed E-state index contributed by atoms with van der Waals surface area (Å²) in [7, 11) is 1.61. The lowest BCUT2D eigenvalue weighted by Gasteiger charge is -2.25. The van der Waals surface area contributed by atoms with Crippen molar-refractivity contribution < 1.29 is 43.0 Å². The molecule has 20 nitrogen and oxygen atoms in total. The highest BCUT2D eigenvalue weighted by molar-refractivity contribution is 6.12. The SMILES string of the molecule is Cc1cccc(-c2[nH]ncc2-c2ccnc(-c3ccc(OCCN(C)C(=O)OCc4ccc(NC(=O)C(CCCNC(N)=O)NC(=O)C(NC(=O)CCCCCN5C(=O)C=CC5=O)C(C)C)cc4)cc3)c2)n1. The molecule has 72 heavy (non-hydrogen) atoms. The number of nitrogens with zero attached hydrogens (tertiary/aromatic N) is 5. The highest BCUT2D eigenvalue weighted by Gasteiger charge is 2.29. The van der Waals surface area contributed by atoms with Gasteiger partial charge in [-0.15, -0.1) is 0 Å². The van der Waals surface area contributed by atoms with E-state index < -0.39 is 36.0 Å². The third kappa shape index (κ3) is 15.5. The van der Waals surface area contributed by atoms with Crippen molar-refractivity contribution in [1.82, 2.24) is 45.9 Å². The summed E-state index contributed by atoms with van der Waals surface area (Å²) in [6.07, 6.45) is 7.60. The molecule has 1 aliphatic heterocycles. The number of hydrogen-bond donors (Lipinski definition) is 6. The first-order chi connectivity index (χ1) is 34.6. The average molecular weight is 984 g/mol. The standard InChI is InChI=1S/C52H61N11O9/c1-33(2)47(60-44(64)13-6-5-7-27-63-45(65)22-23-46(63)66)50(68)59-42(12-9-25-55-51(53)69)49(67)58-38-18-14-35(15-19-38)32-72-52(70)62(4)28-29-71-39-20-16-36(17-21-39)43-30-37(24-26-54-43)40-31-56-61-48(40)41-11-8-10-34(3)57-41/h8,10-11,14-24,26,30-31,33,42,47H,5-7,9,12-13,25,27-29,32H2,1-4H3,(H,56,61)(H,58,67)(H,59,68)(H,60,64)(H3,53,55,69). The zero-order chi connectivity index (χ0) is 51.6. The number of anilines is 1. The maximum atomic E-state index is 13.6. The number of imide groups is 1. The molecule has 0 bridgehead atoms. The fourth-order valence-electron chi connectivity index (χ4n) is 7.63. The number of H-pyrrole nitrogens is 1. The highest BCUT2D eigenvalue weighted by Crippen LogP contribution is 2.31. The monoisotopic (exact) mass is 983 g/mol. The van der Waals surface area contributed by atoms with Crippen LogP contribution in [0.5, 0.6) is 5.75 Å². The molecule has 0 aliphatic carbocycles. The van der Waals surface area contributed by atoms with Gasteiger partial charge in [0.2, 0.25) is 17.7 Å². The molecule has 3 aromatic heterocycles. The molecule has 0 saturated carbocycles. The van der Waals surface area contributed by atoms with Crippen molar-refractivity contribution in [3.63, 3.8) is 0 Å². The lowest BCUT2D eigenvalue weighted by atomic mass is 10.0. The maximum absolute atomic E-state index is 13.6. The predicted octanol–water partition coefficient (Wildman–Crippen LogP) is 5.65. The number of nitrogens with one attached hydrogen (secondary N) is 5. The van der Waals surface area contributed by atoms with Crippen molar-refractivity contribution in [3.05, 3.63) is 115 Å². The second-order valence-electron chi connectivity index (χ2n) is 17.5. The Bertz CT molecular complexity index is 2710. The molecule has 1 aliphatic rings. The van der Waals surface area contributed by atoms with Crippen LogP contribution in [0.25, 0.3) is 33.8 Å². The second-order valence-corrected chi connectivity index (χ2v) is 17.5. The summed E-state index contributed by atoms with van der Waals surface area (Å²) in [4.78, 5) is 99.4. The zero-order valence-corrected chi connectivity index (χ0v) is 40.8. The lowest BCUT2D eigenvalue weighted by Crippen LogP contribution is -2.54. The molecule has 8 amide bonds. The summed E-state index contributed by atoms with van der Waals surface area (Å²) >= 11 is 0. The number of urea groups is 1. The Kier molecular flexibility index (Phi) is 19.1. The van der Waals surface area contributed by atoms with Gasteiger partial charge in [0.05, 0.1) is 29.8 Å². The van der Waals surface area contributed by atoms with Crippen molar-refractivity contribution in [1.29, 1.82) is 0 Å². The third-order valence-corrected chi connectivity index (χ3v) is 11.6. The number of unbranched alkanes of at least 4 members (excludes halogenated alkanes) is 2. The number of rotatable bonds is 25. The van der Waals surface area contributed by atoms with Crippen LogP contribution in [0.1, 0.15) is 63.6 Å². The van der Waals surface area contributed by atoms with Crippen LogP contribution in [-0.2, 0) is 35.3 Å². The second kappa shape index (κ2) is 26.0. The van der Waals surface area contributed by atoms with E-state index in [0.29, 0.717) is 42.7 Å². The molecule has 2 aromatic carbocycles. The predicted molar refractivity (Wildman–Crippen MR) is 268 cm³/mol. The fraction of sp³-hybridized carbons (Fsp3) is 0.346. The first-order valence-electron chi connectivity index (χ1n) is 23.8. The van der Waals surface area contributed by atoms with E-state index >= 15 is 0 Å². The highest BCUT2D eigenvalue weighted by atomic mass is 16.6. The molecular formula is C52H61N11O9. The quantitative estimate of drug-likeness (QED) is 0.0306. The molecule has 5 aromatic rings. The minimum atomic E-state index is -1.04. The zero-order valence-electron chi connectivity index (χ0n) is 40.8. The first-order valence-corrected chi connectivity index (χ1v) is 23.8. The molecule has 2 atom stereocenters. The number of hydrogen-bond acceptors (Lipinski definition) is 12. The van der Waals surface area contributed by atoms with Crippen LogP contribution in [0.2, 0.25) is 0 Å². The van der Waals surface area contributed by atoms with Gasteiger partial charge in [0.1, 0.15) is 31.0 Å². The van der Waals surface area contributed by atoms with Crippen LogP contribution < -0.4 is 31.7 Å². The molecule has 7 N–H and O–H groups in total. The molecule has 0 spiro atoms. The Morgan fingerprint density at radius 2 is 1.60 bits per heavy atom. The van der Waals surface area contributed by atoms with Crippen molar-refractivity contribution in [2.45, 2.75) is 78.0 Å². The Labute approximate surface area is 417 Å². The molecule has 0 fully saturated rings. The van der Waals surface area contributed by atoms with Crippen LogP contribution >= 0.6 is 0 Å². The normalized spacial score (nSPS) is 12.8. The van der Waals surface area contributed by atoms with E-state index in [-0.39, 0.29) is 69.3 Å². The average Bonchev–Trinajstić information content (AvgIpc) is 3.99. The molecule has 6 rings (SSSR count). The van der Waals surface area contributed by atoms with Gasteiger partial charge in [0.25, 0.3) is 11.8 Å². The van der Waals surface area contributed by atoms with E-state index in [1.54, 1.807) is 57.6 Å². The van der Waals surface area contributed by atoms with Crippen LogP contribution in [0.3, 0.4) is 0 Å². The van der Waals surface area contributed by atoms with Crippen molar-refractivity contribution >= 4 is 47.3 Å². The number of aryl methyl sites for hydroxylation is 1. The minimum absolute atomic E-state index is 0.0358. The van der Waals surface area contributed by atoms with Crippen LogP contribution in [0.15, 0.2) is 103 Å². The number of nitrogens with two attached hydrogens (primary N) is 1. The summed E-state index contributed by atoms with van der Waals surface area (Å²) < 4.78 is 11.4. The summed E-state index contributed by atoms with van der Waals surface area (Å²) in [5, 5.41) is 18.2. The maximum Gasteiger partial charge on any atom is 0.409 e. The number of ether oxygens (including phenoxy) is 2. The summed E-state index contributed by atoms with van der Waals surface area (Å²) in [6, 6.07) is 21.3. The van der Waals surface area contributed by atoms with Gasteiger partial charge in [-0.3, -0.25) is 43.9 Å². The van der Waals surface area contributed by atoms with Gasteiger partial charge in [0.15, 0.2) is 0 Å². The number of carbonyl (C=O) groups is 7. The van der Waals surface area contributed by atoms with E-state index in [9.17, 15) is 33.6 Å². The van der Waals surface area contributed by atoms with Gasteiger partial charge < -0.3 is 41.4 Å². The van der Waals surface area contributed by atoms with Gasteiger partial charge >= 0.3 is 12.1 Å². The molecule has 4 heterocycles. The van der Waals surface area contributed by atoms with E-state index in [1.807, 2.05) is 61.5 Å². The smallest absolute Gasteiger partial charge is 0.409 e. The minimum Gasteiger partial charge on any atom is -0.492 e. The largest absolute Gasteiger partial charge is 0.492 e. The number of primary amides is 1. The van der Waals surface area contributed by atoms with Crippen LogP contribution in [0, 0.1) is 12.8 Å². The summed E-state index contributed by atoms with van der Waals surface area (Å²) in [6.45, 7) is 6.34. The molecular weight excluding hydrogens is 923 g/mol. The van der Waals surface area contributed by atoms with Crippen LogP contribution in [-0.4, -0.2) is 117 Å². The van der Waals surface area contributed by atoms with Gasteiger partial charge in [0, 0.05) is 67.4 Å². The van der Waals surface area contributed by atoms with Crippen molar-refractivity contribution in [3.8, 4) is 39.5 Å². The van der Waals surface area contributed by atoms with Gasteiger partial charge in [-0.25, -0.2) is 9.59 Å². The number of likely N-dealkylation sites (N-methyl/N-ethyl adjacent to an activating group) is 1.